The Morgan fingerprint density at radius 2 is 1.81 bits per heavy atom. The molecule has 0 radical (unpaired) electrons. The third-order valence-electron chi connectivity index (χ3n) is 10.4. The van der Waals surface area contributed by atoms with Crippen LogP contribution in [0.1, 0.15) is 85.0 Å². The number of aliphatic hydroxyl groups is 2. The van der Waals surface area contributed by atoms with Crippen LogP contribution in [0.3, 0.4) is 0 Å². The lowest BCUT2D eigenvalue weighted by Crippen LogP contribution is -2.62. The van der Waals surface area contributed by atoms with Crippen molar-refractivity contribution >= 4 is 5.71 Å². The van der Waals surface area contributed by atoms with Crippen LogP contribution in [0.4, 0.5) is 0 Å². The van der Waals surface area contributed by atoms with Crippen LogP contribution in [-0.4, -0.2) is 59.8 Å². The smallest absolute Gasteiger partial charge is 0.118 e. The first-order chi connectivity index (χ1) is 14.6. The second kappa shape index (κ2) is 8.61. The predicted octanol–water partition coefficient (Wildman–Crippen LogP) is 4.47. The summed E-state index contributed by atoms with van der Waals surface area (Å²) in [4.78, 5) is 7.84. The lowest BCUT2D eigenvalue weighted by Gasteiger charge is -2.63. The Hall–Kier alpha value is -0.650. The summed E-state index contributed by atoms with van der Waals surface area (Å²) >= 11 is 0. The molecule has 0 unspecified atom stereocenters. The molecule has 5 nitrogen and oxygen atoms in total. The van der Waals surface area contributed by atoms with Crippen LogP contribution in [-0.2, 0) is 4.84 Å². The monoisotopic (exact) mass is 434 g/mol. The maximum atomic E-state index is 12.3. The largest absolute Gasteiger partial charge is 0.396 e. The Balaban J connectivity index is 1.48. The summed E-state index contributed by atoms with van der Waals surface area (Å²) in [5, 5.41) is 27.0. The highest BCUT2D eigenvalue weighted by Gasteiger charge is 2.67. The SMILES string of the molecule is C/C(=N/OCCCN(C)C)[C@H]1CC[C@]2(O)[C@@H]3CC[C@@H]4C[C@@H](O)CC[C@]4(C)[C@H]3CC[C@]12C. The Morgan fingerprint density at radius 1 is 1.03 bits per heavy atom. The fourth-order valence-electron chi connectivity index (χ4n) is 8.53. The number of fused-ring (bicyclic) bond motifs is 5. The molecule has 0 aromatic rings. The molecule has 0 bridgehead atoms. The molecule has 8 atom stereocenters. The molecule has 0 spiro atoms. The minimum atomic E-state index is -0.591. The van der Waals surface area contributed by atoms with Crippen molar-refractivity contribution in [2.45, 2.75) is 96.7 Å². The van der Waals surface area contributed by atoms with E-state index in [9.17, 15) is 10.2 Å². The van der Waals surface area contributed by atoms with Gasteiger partial charge >= 0.3 is 0 Å². The van der Waals surface area contributed by atoms with Gasteiger partial charge < -0.3 is 20.0 Å². The molecule has 0 amide bonds. The molecule has 4 fully saturated rings. The third-order valence-corrected chi connectivity index (χ3v) is 10.4. The molecule has 5 heteroatoms. The second-order valence-corrected chi connectivity index (χ2v) is 12.1. The average molecular weight is 435 g/mol. The molecular weight excluding hydrogens is 388 g/mol. The zero-order valence-electron chi connectivity index (χ0n) is 20.6. The van der Waals surface area contributed by atoms with Gasteiger partial charge in [-0.3, -0.25) is 0 Å². The van der Waals surface area contributed by atoms with Crippen LogP contribution in [0, 0.1) is 34.5 Å². The van der Waals surface area contributed by atoms with Gasteiger partial charge in [-0.1, -0.05) is 19.0 Å². The number of hydrogen-bond donors (Lipinski definition) is 2. The molecular formula is C26H46N2O3. The van der Waals surface area contributed by atoms with E-state index in [0.717, 1.165) is 63.6 Å². The van der Waals surface area contributed by atoms with Gasteiger partial charge in [-0.2, -0.15) is 0 Å². The summed E-state index contributed by atoms with van der Waals surface area (Å²) < 4.78 is 0. The van der Waals surface area contributed by atoms with Crippen molar-refractivity contribution in [3.05, 3.63) is 0 Å². The second-order valence-electron chi connectivity index (χ2n) is 12.1. The van der Waals surface area contributed by atoms with Crippen LogP contribution in [0.25, 0.3) is 0 Å². The standard InChI is InChI=1S/C26H46N2O3/c1-18(27-31-16-6-15-28(4)5)21-11-14-26(30)23-8-7-19-17-20(29)9-12-24(19,2)22(23)10-13-25(21,26)3/h19-23,29-30H,6-17H2,1-5H3/b27-18-/t19-,20+,21-,22+,23-,24+,25-,26+/m1/s1. The highest BCUT2D eigenvalue weighted by molar-refractivity contribution is 5.85. The highest BCUT2D eigenvalue weighted by Crippen LogP contribution is 2.69. The predicted molar refractivity (Wildman–Crippen MR) is 125 cm³/mol. The van der Waals surface area contributed by atoms with E-state index in [-0.39, 0.29) is 16.9 Å². The summed E-state index contributed by atoms with van der Waals surface area (Å²) in [7, 11) is 4.16. The van der Waals surface area contributed by atoms with Crippen molar-refractivity contribution < 1.29 is 15.1 Å². The molecule has 4 aliphatic rings. The van der Waals surface area contributed by atoms with E-state index >= 15 is 0 Å². The summed E-state index contributed by atoms with van der Waals surface area (Å²) in [6, 6.07) is 0. The van der Waals surface area contributed by atoms with Gasteiger partial charge in [-0.25, -0.2) is 0 Å². The lowest BCUT2D eigenvalue weighted by molar-refractivity contribution is -0.206. The quantitative estimate of drug-likeness (QED) is 0.368. The lowest BCUT2D eigenvalue weighted by atomic mass is 9.43. The van der Waals surface area contributed by atoms with Crippen LogP contribution < -0.4 is 0 Å². The van der Waals surface area contributed by atoms with E-state index in [1.54, 1.807) is 0 Å². The van der Waals surface area contributed by atoms with E-state index in [1.165, 1.54) is 12.8 Å². The molecule has 4 aliphatic carbocycles. The van der Waals surface area contributed by atoms with Crippen LogP contribution >= 0.6 is 0 Å². The van der Waals surface area contributed by atoms with Gasteiger partial charge in [0.15, 0.2) is 0 Å². The molecule has 31 heavy (non-hydrogen) atoms. The van der Waals surface area contributed by atoms with Crippen molar-refractivity contribution in [2.24, 2.45) is 39.7 Å². The van der Waals surface area contributed by atoms with Gasteiger partial charge in [0.25, 0.3) is 0 Å². The Bertz CT molecular complexity index is 682. The average Bonchev–Trinajstić information content (AvgIpc) is 2.99. The van der Waals surface area contributed by atoms with Crippen LogP contribution in [0.2, 0.25) is 0 Å². The number of aliphatic hydroxyl groups excluding tert-OH is 1. The molecule has 178 valence electrons. The van der Waals surface area contributed by atoms with Crippen LogP contribution in [0.5, 0.6) is 0 Å². The van der Waals surface area contributed by atoms with Gasteiger partial charge in [0.2, 0.25) is 0 Å². The van der Waals surface area contributed by atoms with Crippen molar-refractivity contribution in [3.63, 3.8) is 0 Å². The van der Waals surface area contributed by atoms with Crippen molar-refractivity contribution in [1.82, 2.24) is 4.90 Å². The maximum Gasteiger partial charge on any atom is 0.118 e. The molecule has 0 saturated heterocycles. The Labute approximate surface area is 189 Å². The van der Waals surface area contributed by atoms with Crippen molar-refractivity contribution in [2.75, 3.05) is 27.2 Å². The molecule has 4 saturated carbocycles. The number of nitrogens with zero attached hydrogens (tertiary/aromatic N) is 2. The zero-order chi connectivity index (χ0) is 22.4. The van der Waals surface area contributed by atoms with Crippen molar-refractivity contribution in [1.29, 1.82) is 0 Å². The molecule has 0 aliphatic heterocycles. The van der Waals surface area contributed by atoms with Gasteiger partial charge in [0.1, 0.15) is 6.61 Å². The van der Waals surface area contributed by atoms with Gasteiger partial charge in [0, 0.05) is 17.9 Å². The summed E-state index contributed by atoms with van der Waals surface area (Å²) in [6.07, 6.45) is 10.4. The first-order valence-corrected chi connectivity index (χ1v) is 12.8. The minimum absolute atomic E-state index is 0.105. The summed E-state index contributed by atoms with van der Waals surface area (Å²) in [6.45, 7) is 8.59. The molecule has 0 aromatic carbocycles. The van der Waals surface area contributed by atoms with E-state index in [1.807, 2.05) is 0 Å². The highest BCUT2D eigenvalue weighted by atomic mass is 16.6. The number of oxime groups is 1. The van der Waals surface area contributed by atoms with E-state index < -0.39 is 5.60 Å². The maximum absolute atomic E-state index is 12.3. The van der Waals surface area contributed by atoms with E-state index in [0.29, 0.717) is 30.3 Å². The molecule has 0 heterocycles. The normalized spacial score (nSPS) is 47.6. The summed E-state index contributed by atoms with van der Waals surface area (Å²) in [5.74, 6) is 1.92. The Kier molecular flexibility index (Phi) is 6.53. The van der Waals surface area contributed by atoms with E-state index in [4.69, 9.17) is 4.84 Å². The fourth-order valence-corrected chi connectivity index (χ4v) is 8.53. The fraction of sp³-hybridized carbons (Fsp3) is 0.962. The van der Waals surface area contributed by atoms with Gasteiger partial charge in [0.05, 0.1) is 17.4 Å². The number of rotatable bonds is 6. The Morgan fingerprint density at radius 3 is 2.55 bits per heavy atom. The number of hydrogen-bond acceptors (Lipinski definition) is 5. The first kappa shape index (κ1) is 23.5. The van der Waals surface area contributed by atoms with Gasteiger partial charge in [-0.05, 0) is 108 Å². The van der Waals surface area contributed by atoms with Crippen LogP contribution in [0.15, 0.2) is 5.16 Å². The topological polar surface area (TPSA) is 65.3 Å². The van der Waals surface area contributed by atoms with Gasteiger partial charge in [-0.15, -0.1) is 0 Å². The third kappa shape index (κ3) is 3.87. The van der Waals surface area contributed by atoms with Crippen molar-refractivity contribution in [3.8, 4) is 0 Å². The first-order valence-electron chi connectivity index (χ1n) is 12.8. The minimum Gasteiger partial charge on any atom is -0.396 e. The molecule has 2 N–H and O–H groups in total. The van der Waals surface area contributed by atoms with E-state index in [2.05, 4.69) is 44.9 Å². The molecule has 0 aromatic heterocycles. The summed E-state index contributed by atoms with van der Waals surface area (Å²) in [5.41, 5.74) is 0.663. The zero-order valence-corrected chi connectivity index (χ0v) is 20.6. The molecule has 4 rings (SSSR count).